The van der Waals surface area contributed by atoms with Crippen molar-refractivity contribution in [1.29, 1.82) is 0 Å². The number of benzene rings is 2. The molecular weight excluding hydrogens is 387 g/mol. The minimum absolute atomic E-state index is 0.648. The number of rotatable bonds is 11. The summed E-state index contributed by atoms with van der Waals surface area (Å²) in [7, 11) is 0. The van der Waals surface area contributed by atoms with E-state index in [4.69, 9.17) is 28.2 Å². The van der Waals surface area contributed by atoms with Crippen molar-refractivity contribution < 1.29 is 0 Å². The van der Waals surface area contributed by atoms with Crippen molar-refractivity contribution in [2.45, 2.75) is 71.3 Å². The first kappa shape index (κ1) is 21.2. The average Bonchev–Trinajstić information content (AvgIpc) is 3.05. The van der Waals surface area contributed by atoms with E-state index >= 15 is 0 Å². The van der Waals surface area contributed by atoms with E-state index in [1.807, 2.05) is 18.2 Å². The highest BCUT2D eigenvalue weighted by Crippen LogP contribution is 2.32. The van der Waals surface area contributed by atoms with E-state index in [-0.39, 0.29) is 0 Å². The van der Waals surface area contributed by atoms with Gasteiger partial charge < -0.3 is 4.57 Å². The lowest BCUT2D eigenvalue weighted by molar-refractivity contribution is 0.544. The third-order valence-corrected chi connectivity index (χ3v) is 5.86. The molecule has 150 valence electrons. The summed E-state index contributed by atoms with van der Waals surface area (Å²) in [6.45, 7) is 3.23. The van der Waals surface area contributed by atoms with Crippen LogP contribution in [0.5, 0.6) is 0 Å². The molecule has 0 atom stereocenters. The van der Waals surface area contributed by atoms with Crippen molar-refractivity contribution in [3.8, 4) is 11.4 Å². The first-order valence-corrected chi connectivity index (χ1v) is 11.4. The van der Waals surface area contributed by atoms with Gasteiger partial charge in [-0.1, -0.05) is 93.6 Å². The molecule has 0 aliphatic heterocycles. The van der Waals surface area contributed by atoms with Crippen molar-refractivity contribution in [1.82, 2.24) is 9.55 Å². The molecule has 0 aliphatic carbocycles. The second-order valence-electron chi connectivity index (χ2n) is 7.53. The van der Waals surface area contributed by atoms with Crippen molar-refractivity contribution >= 4 is 34.2 Å². The molecule has 0 N–H and O–H groups in total. The third-order valence-electron chi connectivity index (χ3n) is 5.31. The Morgan fingerprint density at radius 1 is 0.821 bits per heavy atom. The Kier molecular flexibility index (Phi) is 8.24. The van der Waals surface area contributed by atoms with E-state index in [9.17, 15) is 0 Å². The molecule has 0 unspecified atom stereocenters. The fourth-order valence-electron chi connectivity index (χ4n) is 3.76. The van der Waals surface area contributed by atoms with Gasteiger partial charge in [-0.05, 0) is 36.8 Å². The van der Waals surface area contributed by atoms with Crippen molar-refractivity contribution in [3.63, 3.8) is 0 Å². The van der Waals surface area contributed by atoms with Crippen LogP contribution in [0.3, 0.4) is 0 Å². The Balaban J connectivity index is 1.65. The van der Waals surface area contributed by atoms with Gasteiger partial charge in [-0.25, -0.2) is 4.98 Å². The molecule has 2 aromatic carbocycles. The highest BCUT2D eigenvalue weighted by atomic mass is 35.5. The Morgan fingerprint density at radius 2 is 1.50 bits per heavy atom. The molecular formula is C24H30Cl2N2. The van der Waals surface area contributed by atoms with E-state index < -0.39 is 0 Å². The minimum Gasteiger partial charge on any atom is -0.324 e. The minimum atomic E-state index is 0.648. The summed E-state index contributed by atoms with van der Waals surface area (Å²) < 4.78 is 2.31. The average molecular weight is 417 g/mol. The van der Waals surface area contributed by atoms with Crippen molar-refractivity contribution in [2.24, 2.45) is 0 Å². The molecule has 0 amide bonds. The Labute approximate surface area is 178 Å². The molecule has 1 heterocycles. The highest BCUT2D eigenvalue weighted by Gasteiger charge is 2.15. The van der Waals surface area contributed by atoms with Gasteiger partial charge >= 0.3 is 0 Å². The Morgan fingerprint density at radius 3 is 2.21 bits per heavy atom. The zero-order valence-electron chi connectivity index (χ0n) is 16.8. The molecule has 0 saturated carbocycles. The fraction of sp³-hybridized carbons (Fsp3) is 0.458. The molecule has 3 aromatic rings. The number of unbranched alkanes of at least 4 members (excludes halogenated alkanes) is 8. The predicted molar refractivity (Wildman–Crippen MR) is 122 cm³/mol. The van der Waals surface area contributed by atoms with Crippen LogP contribution in [-0.4, -0.2) is 9.55 Å². The Hall–Kier alpha value is -1.51. The summed E-state index contributed by atoms with van der Waals surface area (Å²) in [5.41, 5.74) is 3.13. The first-order valence-electron chi connectivity index (χ1n) is 10.6. The second-order valence-corrected chi connectivity index (χ2v) is 8.37. The molecule has 0 spiro atoms. The van der Waals surface area contributed by atoms with E-state index in [1.165, 1.54) is 56.9 Å². The van der Waals surface area contributed by atoms with Crippen LogP contribution >= 0.6 is 23.2 Å². The molecule has 0 saturated heterocycles. The number of hydrogen-bond acceptors (Lipinski definition) is 1. The first-order chi connectivity index (χ1) is 13.7. The summed E-state index contributed by atoms with van der Waals surface area (Å²) in [5.74, 6) is 0.933. The molecule has 3 rings (SSSR count). The summed E-state index contributed by atoms with van der Waals surface area (Å²) >= 11 is 12.6. The van der Waals surface area contributed by atoms with Gasteiger partial charge in [0.25, 0.3) is 0 Å². The summed E-state index contributed by atoms with van der Waals surface area (Å²) in [5, 5.41) is 1.30. The molecule has 0 bridgehead atoms. The molecule has 0 radical (unpaired) electrons. The SMILES string of the molecule is CCCCCCCCCCCn1c(-c2ccc(Cl)cc2Cl)nc2ccccc21. The van der Waals surface area contributed by atoms with Gasteiger partial charge in [0.05, 0.1) is 16.1 Å². The number of hydrogen-bond donors (Lipinski definition) is 0. The van der Waals surface area contributed by atoms with Gasteiger partial charge in [-0.2, -0.15) is 0 Å². The molecule has 0 fully saturated rings. The second kappa shape index (κ2) is 10.9. The fourth-order valence-corrected chi connectivity index (χ4v) is 4.25. The van der Waals surface area contributed by atoms with Gasteiger partial charge in [-0.15, -0.1) is 0 Å². The maximum atomic E-state index is 6.48. The summed E-state index contributed by atoms with van der Waals surface area (Å²) in [6.07, 6.45) is 11.9. The smallest absolute Gasteiger partial charge is 0.142 e. The number of halogens is 2. The number of fused-ring (bicyclic) bond motifs is 1. The lowest BCUT2D eigenvalue weighted by Gasteiger charge is -2.11. The molecule has 1 aromatic heterocycles. The van der Waals surface area contributed by atoms with Gasteiger partial charge in [0.1, 0.15) is 5.82 Å². The van der Waals surface area contributed by atoms with Crippen LogP contribution < -0.4 is 0 Å². The summed E-state index contributed by atoms with van der Waals surface area (Å²) in [4.78, 5) is 4.87. The maximum absolute atomic E-state index is 6.48. The van der Waals surface area contributed by atoms with Crippen LogP contribution in [0.1, 0.15) is 64.7 Å². The van der Waals surface area contributed by atoms with Crippen LogP contribution in [-0.2, 0) is 6.54 Å². The molecule has 0 aliphatic rings. The highest BCUT2D eigenvalue weighted by molar-refractivity contribution is 6.36. The predicted octanol–water partition coefficient (Wildman–Crippen LogP) is 8.54. The van der Waals surface area contributed by atoms with Gasteiger partial charge in [0.15, 0.2) is 0 Å². The quantitative estimate of drug-likeness (QED) is 0.286. The number of nitrogens with zero attached hydrogens (tertiary/aromatic N) is 2. The number of para-hydroxylation sites is 2. The van der Waals surface area contributed by atoms with E-state index in [0.29, 0.717) is 10.0 Å². The molecule has 4 heteroatoms. The largest absolute Gasteiger partial charge is 0.324 e. The summed E-state index contributed by atoms with van der Waals surface area (Å²) in [6, 6.07) is 14.0. The van der Waals surface area contributed by atoms with E-state index in [1.54, 1.807) is 6.07 Å². The third kappa shape index (κ3) is 5.52. The van der Waals surface area contributed by atoms with Crippen LogP contribution in [0.25, 0.3) is 22.4 Å². The van der Waals surface area contributed by atoms with Gasteiger partial charge in [-0.3, -0.25) is 0 Å². The Bertz CT molecular complexity index is 885. The van der Waals surface area contributed by atoms with Crippen LogP contribution in [0.2, 0.25) is 10.0 Å². The van der Waals surface area contributed by atoms with Crippen LogP contribution in [0.15, 0.2) is 42.5 Å². The van der Waals surface area contributed by atoms with E-state index in [0.717, 1.165) is 29.9 Å². The molecule has 28 heavy (non-hydrogen) atoms. The molecule has 2 nitrogen and oxygen atoms in total. The zero-order chi connectivity index (χ0) is 19.8. The standard InChI is InChI=1S/C24H30Cl2N2/c1-2-3-4-5-6-7-8-9-12-17-28-23-14-11-10-13-22(23)27-24(28)20-16-15-19(25)18-21(20)26/h10-11,13-16,18H,2-9,12,17H2,1H3. The lowest BCUT2D eigenvalue weighted by atomic mass is 10.1. The van der Waals surface area contributed by atoms with Crippen molar-refractivity contribution in [3.05, 3.63) is 52.5 Å². The number of aryl methyl sites for hydroxylation is 1. The maximum Gasteiger partial charge on any atom is 0.142 e. The normalized spacial score (nSPS) is 11.4. The number of imidazole rings is 1. The van der Waals surface area contributed by atoms with Crippen LogP contribution in [0.4, 0.5) is 0 Å². The van der Waals surface area contributed by atoms with Gasteiger partial charge in [0, 0.05) is 17.1 Å². The lowest BCUT2D eigenvalue weighted by Crippen LogP contribution is -2.01. The van der Waals surface area contributed by atoms with E-state index in [2.05, 4.69) is 29.7 Å². The monoisotopic (exact) mass is 416 g/mol. The zero-order valence-corrected chi connectivity index (χ0v) is 18.3. The van der Waals surface area contributed by atoms with Crippen LogP contribution in [0, 0.1) is 0 Å². The number of aromatic nitrogens is 2. The van der Waals surface area contributed by atoms with Crippen molar-refractivity contribution in [2.75, 3.05) is 0 Å². The van der Waals surface area contributed by atoms with Gasteiger partial charge in [0.2, 0.25) is 0 Å². The topological polar surface area (TPSA) is 17.8 Å².